The highest BCUT2D eigenvalue weighted by Gasteiger charge is 2.25. The van der Waals surface area contributed by atoms with E-state index in [1.165, 1.54) is 19.2 Å². The van der Waals surface area contributed by atoms with E-state index in [4.69, 9.17) is 9.47 Å². The molecule has 1 aliphatic rings. The molecular formula is C23H28FNO5. The number of nitrogens with zero attached hydrogens (tertiary/aromatic N) is 1. The van der Waals surface area contributed by atoms with Crippen molar-refractivity contribution in [1.82, 2.24) is 4.90 Å². The van der Waals surface area contributed by atoms with Crippen LogP contribution in [0.1, 0.15) is 18.4 Å². The first-order valence-corrected chi connectivity index (χ1v) is 10.1. The van der Waals surface area contributed by atoms with Crippen molar-refractivity contribution in [3.63, 3.8) is 0 Å². The van der Waals surface area contributed by atoms with Crippen LogP contribution in [0.15, 0.2) is 48.5 Å². The van der Waals surface area contributed by atoms with Crippen molar-refractivity contribution in [3.8, 4) is 11.5 Å². The smallest absolute Gasteiger partial charge is 0.305 e. The second kappa shape index (κ2) is 10.9. The Hall–Kier alpha value is -2.64. The lowest BCUT2D eigenvalue weighted by Crippen LogP contribution is -2.35. The number of hydrogen-bond donors (Lipinski definition) is 1. The average Bonchev–Trinajstić information content (AvgIpc) is 3.19. The van der Waals surface area contributed by atoms with Gasteiger partial charge in [0.05, 0.1) is 7.11 Å². The van der Waals surface area contributed by atoms with E-state index in [2.05, 4.69) is 9.64 Å². The van der Waals surface area contributed by atoms with Crippen LogP contribution in [0.4, 0.5) is 4.39 Å². The van der Waals surface area contributed by atoms with Crippen molar-refractivity contribution in [2.45, 2.75) is 31.5 Å². The van der Waals surface area contributed by atoms with E-state index in [1.807, 2.05) is 24.3 Å². The Kier molecular flexibility index (Phi) is 8.04. The van der Waals surface area contributed by atoms with Gasteiger partial charge in [-0.15, -0.1) is 0 Å². The molecule has 6 nitrogen and oxygen atoms in total. The molecule has 2 unspecified atom stereocenters. The number of rotatable bonds is 10. The number of aryl methyl sites for hydroxylation is 1. The minimum atomic E-state index is -0.650. The standard InChI is InChI=1S/C23H28FNO5/c1-28-23(27)11-6-17-4-2-3-5-22(17)29-16-19(26)14-25-13-12-21(15-25)30-20-9-7-18(24)8-10-20/h2-5,7-10,19,21,26H,6,11-16H2,1H3. The monoisotopic (exact) mass is 417 g/mol. The Morgan fingerprint density at radius 1 is 1.23 bits per heavy atom. The topological polar surface area (TPSA) is 68.2 Å². The van der Waals surface area contributed by atoms with E-state index in [1.54, 1.807) is 12.1 Å². The second-order valence-corrected chi connectivity index (χ2v) is 7.39. The molecule has 1 fully saturated rings. The molecule has 0 aliphatic carbocycles. The second-order valence-electron chi connectivity index (χ2n) is 7.39. The molecule has 0 amide bonds. The Morgan fingerprint density at radius 3 is 2.77 bits per heavy atom. The number of β-amino-alcohol motifs (C(OH)–C–C–N with tert-alkyl or cyclic N) is 1. The molecule has 2 aromatic rings. The summed E-state index contributed by atoms with van der Waals surface area (Å²) >= 11 is 0. The SMILES string of the molecule is COC(=O)CCc1ccccc1OCC(O)CN1CCC(Oc2ccc(F)cc2)C1. The largest absolute Gasteiger partial charge is 0.491 e. The molecule has 162 valence electrons. The first kappa shape index (κ1) is 22.1. The van der Waals surface area contributed by atoms with Gasteiger partial charge in [-0.25, -0.2) is 4.39 Å². The van der Waals surface area contributed by atoms with Crippen LogP contribution < -0.4 is 9.47 Å². The van der Waals surface area contributed by atoms with Gasteiger partial charge in [0, 0.05) is 26.1 Å². The lowest BCUT2D eigenvalue weighted by Gasteiger charge is -2.21. The molecular weight excluding hydrogens is 389 g/mol. The molecule has 30 heavy (non-hydrogen) atoms. The van der Waals surface area contributed by atoms with Crippen molar-refractivity contribution in [3.05, 3.63) is 59.9 Å². The van der Waals surface area contributed by atoms with E-state index in [0.717, 1.165) is 18.5 Å². The van der Waals surface area contributed by atoms with E-state index in [-0.39, 0.29) is 30.9 Å². The minimum Gasteiger partial charge on any atom is -0.491 e. The summed E-state index contributed by atoms with van der Waals surface area (Å²) in [5.74, 6) is 0.761. The lowest BCUT2D eigenvalue weighted by molar-refractivity contribution is -0.140. The van der Waals surface area contributed by atoms with Crippen LogP contribution in [0.5, 0.6) is 11.5 Å². The molecule has 1 saturated heterocycles. The van der Waals surface area contributed by atoms with Crippen LogP contribution in [-0.4, -0.2) is 61.5 Å². The predicted molar refractivity (Wildman–Crippen MR) is 110 cm³/mol. The summed E-state index contributed by atoms with van der Waals surface area (Å²) in [5, 5.41) is 10.4. The quantitative estimate of drug-likeness (QED) is 0.600. The molecule has 0 bridgehead atoms. The van der Waals surface area contributed by atoms with E-state index in [9.17, 15) is 14.3 Å². The normalized spacial score (nSPS) is 17.5. The Bertz CT molecular complexity index is 813. The molecule has 0 aromatic heterocycles. The third-order valence-electron chi connectivity index (χ3n) is 5.04. The number of ether oxygens (including phenoxy) is 3. The van der Waals surface area contributed by atoms with Gasteiger partial charge >= 0.3 is 5.97 Å². The van der Waals surface area contributed by atoms with Gasteiger partial charge < -0.3 is 19.3 Å². The van der Waals surface area contributed by atoms with Crippen LogP contribution in [-0.2, 0) is 16.0 Å². The number of likely N-dealkylation sites (tertiary alicyclic amines) is 1. The number of hydrogen-bond acceptors (Lipinski definition) is 6. The van der Waals surface area contributed by atoms with E-state index in [0.29, 0.717) is 31.0 Å². The number of carbonyl (C=O) groups excluding carboxylic acids is 1. The number of aliphatic hydroxyl groups excluding tert-OH is 1. The molecule has 3 rings (SSSR count). The first-order valence-electron chi connectivity index (χ1n) is 10.1. The van der Waals surface area contributed by atoms with Crippen molar-refractivity contribution >= 4 is 5.97 Å². The van der Waals surface area contributed by atoms with Gasteiger partial charge in [-0.1, -0.05) is 18.2 Å². The fourth-order valence-electron chi connectivity index (χ4n) is 3.49. The summed E-state index contributed by atoms with van der Waals surface area (Å²) < 4.78 is 29.4. The fourth-order valence-corrected chi connectivity index (χ4v) is 3.49. The van der Waals surface area contributed by atoms with Crippen molar-refractivity contribution in [2.24, 2.45) is 0 Å². The zero-order valence-electron chi connectivity index (χ0n) is 17.1. The summed E-state index contributed by atoms with van der Waals surface area (Å²) in [6, 6.07) is 13.5. The van der Waals surface area contributed by atoms with Gasteiger partial charge in [-0.2, -0.15) is 0 Å². The summed E-state index contributed by atoms with van der Waals surface area (Å²) in [6.45, 7) is 2.16. The van der Waals surface area contributed by atoms with Crippen LogP contribution >= 0.6 is 0 Å². The maximum Gasteiger partial charge on any atom is 0.305 e. The number of methoxy groups -OCH3 is 1. The van der Waals surface area contributed by atoms with Crippen LogP contribution in [0.2, 0.25) is 0 Å². The van der Waals surface area contributed by atoms with Gasteiger partial charge in [0.25, 0.3) is 0 Å². The van der Waals surface area contributed by atoms with Gasteiger partial charge in [-0.05, 0) is 48.7 Å². The number of esters is 1. The lowest BCUT2D eigenvalue weighted by atomic mass is 10.1. The number of para-hydroxylation sites is 1. The molecule has 2 aromatic carbocycles. The van der Waals surface area contributed by atoms with Crippen molar-refractivity contribution < 1.29 is 28.5 Å². The van der Waals surface area contributed by atoms with Crippen molar-refractivity contribution in [2.75, 3.05) is 33.4 Å². The molecule has 1 heterocycles. The number of halogens is 1. The molecule has 1 aliphatic heterocycles. The van der Waals surface area contributed by atoms with Gasteiger partial charge in [0.1, 0.15) is 36.1 Å². The average molecular weight is 417 g/mol. The van der Waals surface area contributed by atoms with E-state index >= 15 is 0 Å². The minimum absolute atomic E-state index is 0.0163. The third kappa shape index (κ3) is 6.71. The van der Waals surface area contributed by atoms with E-state index < -0.39 is 6.10 Å². The highest BCUT2D eigenvalue weighted by atomic mass is 19.1. The summed E-state index contributed by atoms with van der Waals surface area (Å²) in [6.07, 6.45) is 1.02. The summed E-state index contributed by atoms with van der Waals surface area (Å²) in [7, 11) is 1.37. The molecule has 0 spiro atoms. The van der Waals surface area contributed by atoms with Crippen molar-refractivity contribution in [1.29, 1.82) is 0 Å². The van der Waals surface area contributed by atoms with Gasteiger partial charge in [-0.3, -0.25) is 9.69 Å². The van der Waals surface area contributed by atoms with Crippen LogP contribution in [0.25, 0.3) is 0 Å². The highest BCUT2D eigenvalue weighted by Crippen LogP contribution is 2.21. The zero-order chi connectivity index (χ0) is 21.3. The van der Waals surface area contributed by atoms with Gasteiger partial charge in [0.2, 0.25) is 0 Å². The maximum atomic E-state index is 13.0. The third-order valence-corrected chi connectivity index (χ3v) is 5.04. The Balaban J connectivity index is 1.42. The molecule has 7 heteroatoms. The first-order chi connectivity index (χ1) is 14.5. The number of benzene rings is 2. The molecule has 2 atom stereocenters. The number of aliphatic hydroxyl groups is 1. The maximum absolute atomic E-state index is 13.0. The Labute approximate surface area is 176 Å². The molecule has 1 N–H and O–H groups in total. The predicted octanol–water partition coefficient (Wildman–Crippen LogP) is 2.82. The molecule has 0 saturated carbocycles. The fraction of sp³-hybridized carbons (Fsp3) is 0.435. The number of carbonyl (C=O) groups is 1. The van der Waals surface area contributed by atoms with Gasteiger partial charge in [0.15, 0.2) is 0 Å². The molecule has 0 radical (unpaired) electrons. The van der Waals surface area contributed by atoms with Crippen LogP contribution in [0, 0.1) is 5.82 Å². The Morgan fingerprint density at radius 2 is 2.00 bits per heavy atom. The van der Waals surface area contributed by atoms with Crippen LogP contribution in [0.3, 0.4) is 0 Å². The summed E-state index contributed by atoms with van der Waals surface area (Å²) in [4.78, 5) is 13.5. The zero-order valence-corrected chi connectivity index (χ0v) is 17.1. The summed E-state index contributed by atoms with van der Waals surface area (Å²) in [5.41, 5.74) is 0.907. The highest BCUT2D eigenvalue weighted by molar-refractivity contribution is 5.69.